The van der Waals surface area contributed by atoms with Gasteiger partial charge in [0.2, 0.25) is 0 Å². The van der Waals surface area contributed by atoms with Crippen LogP contribution >= 0.6 is 0 Å². The van der Waals surface area contributed by atoms with E-state index in [1.807, 2.05) is 24.3 Å². The first-order chi connectivity index (χ1) is 9.35. The lowest BCUT2D eigenvalue weighted by molar-refractivity contribution is 0.110. The van der Waals surface area contributed by atoms with Gasteiger partial charge < -0.3 is 4.42 Å². The second kappa shape index (κ2) is 4.89. The molecule has 0 aliphatic carbocycles. The third-order valence-corrected chi connectivity index (χ3v) is 2.79. The number of hydrogen-bond donors (Lipinski definition) is 0. The second-order valence-electron chi connectivity index (χ2n) is 4.11. The maximum atomic E-state index is 10.6. The van der Waals surface area contributed by atoms with Crippen LogP contribution in [-0.4, -0.2) is 21.1 Å². The SMILES string of the molecule is O=Cc1ccc(-c2ccc(Cn3cncn3)cc2)o1. The molecule has 0 atom stereocenters. The Kier molecular flexibility index (Phi) is 2.94. The number of rotatable bonds is 4. The van der Waals surface area contributed by atoms with Gasteiger partial charge >= 0.3 is 0 Å². The molecular weight excluding hydrogens is 242 g/mol. The van der Waals surface area contributed by atoms with Gasteiger partial charge in [0.15, 0.2) is 12.0 Å². The summed E-state index contributed by atoms with van der Waals surface area (Å²) in [6.07, 6.45) is 3.89. The Morgan fingerprint density at radius 3 is 2.63 bits per heavy atom. The number of furan rings is 1. The third-order valence-electron chi connectivity index (χ3n) is 2.79. The Morgan fingerprint density at radius 2 is 2.00 bits per heavy atom. The number of benzene rings is 1. The second-order valence-corrected chi connectivity index (χ2v) is 4.11. The van der Waals surface area contributed by atoms with Crippen molar-refractivity contribution in [2.45, 2.75) is 6.54 Å². The Morgan fingerprint density at radius 1 is 1.16 bits per heavy atom. The van der Waals surface area contributed by atoms with Crippen LogP contribution in [0.4, 0.5) is 0 Å². The molecule has 5 heteroatoms. The van der Waals surface area contributed by atoms with Gasteiger partial charge in [0, 0.05) is 5.56 Å². The molecule has 0 radical (unpaired) electrons. The summed E-state index contributed by atoms with van der Waals surface area (Å²) in [6, 6.07) is 11.4. The van der Waals surface area contributed by atoms with E-state index in [9.17, 15) is 4.79 Å². The molecule has 2 aromatic heterocycles. The molecule has 3 rings (SSSR count). The van der Waals surface area contributed by atoms with Crippen LogP contribution < -0.4 is 0 Å². The molecule has 0 aliphatic rings. The predicted molar refractivity (Wildman–Crippen MR) is 68.7 cm³/mol. The molecule has 0 amide bonds. The monoisotopic (exact) mass is 253 g/mol. The molecule has 2 heterocycles. The van der Waals surface area contributed by atoms with Gasteiger partial charge in [0.05, 0.1) is 6.54 Å². The lowest BCUT2D eigenvalue weighted by Crippen LogP contribution is -1.99. The van der Waals surface area contributed by atoms with Gasteiger partial charge in [-0.05, 0) is 17.7 Å². The fourth-order valence-corrected chi connectivity index (χ4v) is 1.85. The number of carbonyl (C=O) groups excluding carboxylic acids is 1. The lowest BCUT2D eigenvalue weighted by Gasteiger charge is -2.02. The maximum absolute atomic E-state index is 10.6. The highest BCUT2D eigenvalue weighted by molar-refractivity contribution is 5.72. The third kappa shape index (κ3) is 2.44. The summed E-state index contributed by atoms with van der Waals surface area (Å²) in [5, 5.41) is 4.05. The molecule has 0 unspecified atom stereocenters. The van der Waals surface area contributed by atoms with E-state index in [0.717, 1.165) is 11.1 Å². The van der Waals surface area contributed by atoms with Gasteiger partial charge in [-0.3, -0.25) is 4.79 Å². The van der Waals surface area contributed by atoms with Crippen molar-refractivity contribution < 1.29 is 9.21 Å². The first kappa shape index (κ1) is 11.4. The highest BCUT2D eigenvalue weighted by atomic mass is 16.3. The molecule has 1 aromatic carbocycles. The molecule has 0 saturated carbocycles. The van der Waals surface area contributed by atoms with Gasteiger partial charge in [-0.2, -0.15) is 5.10 Å². The van der Waals surface area contributed by atoms with Crippen LogP contribution in [0.15, 0.2) is 53.5 Å². The van der Waals surface area contributed by atoms with E-state index in [1.54, 1.807) is 23.1 Å². The Balaban J connectivity index is 1.80. The van der Waals surface area contributed by atoms with E-state index in [0.29, 0.717) is 24.4 Å². The van der Waals surface area contributed by atoms with Crippen molar-refractivity contribution >= 4 is 6.29 Å². The average Bonchev–Trinajstić information content (AvgIpc) is 3.10. The van der Waals surface area contributed by atoms with Crippen molar-refractivity contribution in [1.82, 2.24) is 14.8 Å². The van der Waals surface area contributed by atoms with Crippen LogP contribution in [0.2, 0.25) is 0 Å². The molecule has 0 N–H and O–H groups in total. The molecule has 0 aliphatic heterocycles. The summed E-state index contributed by atoms with van der Waals surface area (Å²) in [5.74, 6) is 1.02. The standard InChI is InChI=1S/C14H11N3O2/c18-8-13-5-6-14(19-13)12-3-1-11(2-4-12)7-17-10-15-9-16-17/h1-6,8-10H,7H2. The summed E-state index contributed by atoms with van der Waals surface area (Å²) in [4.78, 5) is 14.5. The first-order valence-electron chi connectivity index (χ1n) is 5.82. The summed E-state index contributed by atoms with van der Waals surface area (Å²) in [6.45, 7) is 0.679. The van der Waals surface area contributed by atoms with Crippen molar-refractivity contribution in [1.29, 1.82) is 0 Å². The molecule has 0 spiro atoms. The number of hydrogen-bond acceptors (Lipinski definition) is 4. The summed E-state index contributed by atoms with van der Waals surface area (Å²) < 4.78 is 7.13. The van der Waals surface area contributed by atoms with E-state index in [2.05, 4.69) is 10.1 Å². The lowest BCUT2D eigenvalue weighted by atomic mass is 10.1. The van der Waals surface area contributed by atoms with Crippen LogP contribution in [0.5, 0.6) is 0 Å². The van der Waals surface area contributed by atoms with Gasteiger partial charge in [-0.1, -0.05) is 24.3 Å². The topological polar surface area (TPSA) is 60.9 Å². The molecule has 5 nitrogen and oxygen atoms in total. The summed E-state index contributed by atoms with van der Waals surface area (Å²) in [5.41, 5.74) is 2.06. The van der Waals surface area contributed by atoms with Gasteiger partial charge in [-0.25, -0.2) is 9.67 Å². The Hall–Kier alpha value is -2.69. The maximum Gasteiger partial charge on any atom is 0.185 e. The van der Waals surface area contributed by atoms with Crippen LogP contribution in [0.25, 0.3) is 11.3 Å². The summed E-state index contributed by atoms with van der Waals surface area (Å²) in [7, 11) is 0. The minimum Gasteiger partial charge on any atom is -0.453 e. The molecule has 0 fully saturated rings. The normalized spacial score (nSPS) is 10.5. The van der Waals surface area contributed by atoms with Crippen LogP contribution in [0.3, 0.4) is 0 Å². The summed E-state index contributed by atoms with van der Waals surface area (Å²) >= 11 is 0. The highest BCUT2D eigenvalue weighted by Crippen LogP contribution is 2.22. The van der Waals surface area contributed by atoms with Crippen LogP contribution in [0.1, 0.15) is 16.1 Å². The molecule has 0 bridgehead atoms. The predicted octanol–water partition coefficient (Wildman–Crippen LogP) is 2.40. The van der Waals surface area contributed by atoms with Gasteiger partial charge in [0.25, 0.3) is 0 Å². The van der Waals surface area contributed by atoms with E-state index >= 15 is 0 Å². The van der Waals surface area contributed by atoms with E-state index in [4.69, 9.17) is 4.42 Å². The number of aldehydes is 1. The smallest absolute Gasteiger partial charge is 0.185 e. The minimum absolute atomic E-state index is 0.335. The number of aromatic nitrogens is 3. The van der Waals surface area contributed by atoms with E-state index < -0.39 is 0 Å². The largest absolute Gasteiger partial charge is 0.453 e. The average molecular weight is 253 g/mol. The quantitative estimate of drug-likeness (QED) is 0.670. The number of nitrogens with zero attached hydrogens (tertiary/aromatic N) is 3. The van der Waals surface area contributed by atoms with Gasteiger partial charge in [-0.15, -0.1) is 0 Å². The van der Waals surface area contributed by atoms with Crippen molar-refractivity contribution in [2.24, 2.45) is 0 Å². The van der Waals surface area contributed by atoms with Crippen LogP contribution in [0, 0.1) is 0 Å². The zero-order valence-electron chi connectivity index (χ0n) is 10.1. The molecule has 3 aromatic rings. The van der Waals surface area contributed by atoms with Gasteiger partial charge in [0.1, 0.15) is 18.4 Å². The molecular formula is C14H11N3O2. The van der Waals surface area contributed by atoms with Crippen molar-refractivity contribution in [3.05, 3.63) is 60.4 Å². The molecule has 0 saturated heterocycles. The van der Waals surface area contributed by atoms with Crippen molar-refractivity contribution in [3.63, 3.8) is 0 Å². The molecule has 19 heavy (non-hydrogen) atoms. The van der Waals surface area contributed by atoms with Crippen molar-refractivity contribution in [2.75, 3.05) is 0 Å². The first-order valence-corrected chi connectivity index (χ1v) is 5.82. The minimum atomic E-state index is 0.335. The highest BCUT2D eigenvalue weighted by Gasteiger charge is 2.04. The van der Waals surface area contributed by atoms with Crippen LogP contribution in [-0.2, 0) is 6.54 Å². The zero-order valence-corrected chi connectivity index (χ0v) is 10.1. The molecule has 94 valence electrons. The Labute approximate surface area is 109 Å². The number of carbonyl (C=O) groups is 1. The fraction of sp³-hybridized carbons (Fsp3) is 0.0714. The van der Waals surface area contributed by atoms with E-state index in [-0.39, 0.29) is 0 Å². The Bertz CT molecular complexity index is 669. The zero-order chi connectivity index (χ0) is 13.1. The van der Waals surface area contributed by atoms with E-state index in [1.165, 1.54) is 6.33 Å². The van der Waals surface area contributed by atoms with Crippen molar-refractivity contribution in [3.8, 4) is 11.3 Å². The fourth-order valence-electron chi connectivity index (χ4n) is 1.85.